The molecule has 0 aliphatic carbocycles. The second kappa shape index (κ2) is 14.7. The van der Waals surface area contributed by atoms with E-state index in [-0.39, 0.29) is 12.3 Å². The first kappa shape index (κ1) is 34.1. The molecule has 1 heterocycles. The molecule has 1 amide bonds. The Morgan fingerprint density at radius 1 is 0.745 bits per heavy atom. The highest BCUT2D eigenvalue weighted by atomic mass is 19.1. The van der Waals surface area contributed by atoms with Gasteiger partial charge in [-0.05, 0) is 77.1 Å². The maximum absolute atomic E-state index is 13.9. The van der Waals surface area contributed by atoms with Gasteiger partial charge in [-0.15, -0.1) is 0 Å². The third kappa shape index (κ3) is 7.36. The number of benzene rings is 4. The zero-order chi connectivity index (χ0) is 33.7. The molecule has 1 saturated heterocycles. The lowest BCUT2D eigenvalue weighted by atomic mass is 9.64. The molecule has 7 N–H and O–H groups in total. The summed E-state index contributed by atoms with van der Waals surface area (Å²) in [5.74, 6) is -1.26. The third-order valence-corrected chi connectivity index (χ3v) is 8.70. The van der Waals surface area contributed by atoms with E-state index in [2.05, 4.69) is 5.32 Å². The Morgan fingerprint density at radius 2 is 1.32 bits per heavy atom. The molecule has 248 valence electrons. The Labute approximate surface area is 270 Å². The normalized spacial score (nSPS) is 20.8. The Hall–Kier alpha value is -4.23. The van der Waals surface area contributed by atoms with Crippen molar-refractivity contribution in [3.8, 4) is 16.9 Å². The van der Waals surface area contributed by atoms with Crippen molar-refractivity contribution in [2.75, 3.05) is 13.2 Å². The average molecular weight is 650 g/mol. The number of ether oxygens (including phenoxy) is 1. The number of rotatable bonds is 14. The number of β-lactam (4-membered cyclic amide) rings is 1. The monoisotopic (exact) mass is 649 g/mol. The van der Waals surface area contributed by atoms with Crippen LogP contribution >= 0.6 is 0 Å². The maximum atomic E-state index is 13.9. The van der Waals surface area contributed by atoms with Gasteiger partial charge in [-0.3, -0.25) is 4.79 Å². The summed E-state index contributed by atoms with van der Waals surface area (Å²) in [6.07, 6.45) is -7.04. The summed E-state index contributed by atoms with van der Waals surface area (Å²) >= 11 is 0. The van der Waals surface area contributed by atoms with E-state index in [4.69, 9.17) is 9.84 Å². The van der Waals surface area contributed by atoms with Gasteiger partial charge in [-0.2, -0.15) is 0 Å². The molecule has 7 atom stereocenters. The maximum Gasteiger partial charge on any atom is 0.227 e. The second-order valence-corrected chi connectivity index (χ2v) is 11.7. The number of nitrogens with one attached hydrogen (secondary N) is 1. The highest BCUT2D eigenvalue weighted by molar-refractivity contribution is 5.90. The minimum absolute atomic E-state index is 0.208. The van der Waals surface area contributed by atoms with Crippen LogP contribution in [0, 0.1) is 17.6 Å². The zero-order valence-corrected chi connectivity index (χ0v) is 25.3. The molecule has 11 heteroatoms. The van der Waals surface area contributed by atoms with Crippen LogP contribution < -0.4 is 10.1 Å². The smallest absolute Gasteiger partial charge is 0.227 e. The Kier molecular flexibility index (Phi) is 10.7. The largest absolute Gasteiger partial charge is 0.491 e. The van der Waals surface area contributed by atoms with E-state index in [9.17, 15) is 39.1 Å². The van der Waals surface area contributed by atoms with Gasteiger partial charge in [-0.25, -0.2) is 8.78 Å². The molecule has 1 aliphatic heterocycles. The summed E-state index contributed by atoms with van der Waals surface area (Å²) in [4.78, 5) is 13.0. The molecular formula is C36H37F2NO8. The lowest BCUT2D eigenvalue weighted by molar-refractivity contribution is -0.140. The minimum atomic E-state index is -1.76. The Morgan fingerprint density at radius 3 is 1.91 bits per heavy atom. The Bertz CT molecular complexity index is 1640. The van der Waals surface area contributed by atoms with E-state index in [1.165, 1.54) is 36.4 Å². The SMILES string of the molecule is O=C1N[C@](c2ccc(F)cc2)(c2ccc(-c3cccc(OC[C@@H](O)[C@@H](O)[C@H](O)[C@@H](O)CO)c3)cc2)[C@H]1CC[C@H](O)c1ccc(F)cc1. The molecule has 0 saturated carbocycles. The number of hydrogen-bond donors (Lipinski definition) is 7. The number of hydrogen-bond acceptors (Lipinski definition) is 8. The summed E-state index contributed by atoms with van der Waals surface area (Å²) in [5.41, 5.74) is 2.54. The summed E-state index contributed by atoms with van der Waals surface area (Å²) in [6.45, 7) is -1.18. The number of aliphatic hydroxyl groups is 6. The van der Waals surface area contributed by atoms with Crippen LogP contribution in [0.25, 0.3) is 11.1 Å². The van der Waals surface area contributed by atoms with Crippen LogP contribution in [0.1, 0.15) is 35.6 Å². The molecule has 1 fully saturated rings. The molecule has 0 radical (unpaired) electrons. The second-order valence-electron chi connectivity index (χ2n) is 11.7. The van der Waals surface area contributed by atoms with Crippen molar-refractivity contribution < 1.29 is 49.0 Å². The van der Waals surface area contributed by atoms with Gasteiger partial charge in [0.05, 0.1) is 18.6 Å². The van der Waals surface area contributed by atoms with E-state index in [1.807, 2.05) is 30.3 Å². The molecule has 1 aliphatic rings. The van der Waals surface area contributed by atoms with Gasteiger partial charge in [0.1, 0.15) is 53.9 Å². The number of aliphatic hydroxyl groups excluding tert-OH is 6. The molecule has 0 spiro atoms. The van der Waals surface area contributed by atoms with Crippen LogP contribution in [0.5, 0.6) is 5.75 Å². The minimum Gasteiger partial charge on any atom is -0.491 e. The fourth-order valence-corrected chi connectivity index (χ4v) is 5.97. The van der Waals surface area contributed by atoms with Gasteiger partial charge in [0.25, 0.3) is 0 Å². The lowest BCUT2D eigenvalue weighted by Gasteiger charge is -2.50. The average Bonchev–Trinajstić information content (AvgIpc) is 3.09. The van der Waals surface area contributed by atoms with Crippen molar-refractivity contribution in [3.63, 3.8) is 0 Å². The molecule has 0 aromatic heterocycles. The van der Waals surface area contributed by atoms with Crippen LogP contribution in [0.15, 0.2) is 97.1 Å². The highest BCUT2D eigenvalue weighted by Crippen LogP contribution is 2.47. The van der Waals surface area contributed by atoms with Crippen LogP contribution in [-0.4, -0.2) is 74.2 Å². The number of halogens is 2. The summed E-state index contributed by atoms with van der Waals surface area (Å²) in [7, 11) is 0. The molecule has 0 bridgehead atoms. The highest BCUT2D eigenvalue weighted by Gasteiger charge is 2.55. The van der Waals surface area contributed by atoms with E-state index in [1.54, 1.807) is 30.3 Å². The third-order valence-electron chi connectivity index (χ3n) is 8.70. The first-order valence-corrected chi connectivity index (χ1v) is 15.2. The predicted octanol–water partition coefficient (Wildman–Crippen LogP) is 2.95. The number of carbonyl (C=O) groups is 1. The lowest BCUT2D eigenvalue weighted by Crippen LogP contribution is -2.67. The van der Waals surface area contributed by atoms with Crippen molar-refractivity contribution in [2.45, 2.75) is 48.9 Å². The van der Waals surface area contributed by atoms with Crippen LogP contribution in [0.4, 0.5) is 8.78 Å². The number of carbonyl (C=O) groups excluding carboxylic acids is 1. The molecule has 9 nitrogen and oxygen atoms in total. The molecule has 4 aromatic carbocycles. The predicted molar refractivity (Wildman–Crippen MR) is 168 cm³/mol. The van der Waals surface area contributed by atoms with Crippen molar-refractivity contribution in [2.24, 2.45) is 5.92 Å². The standard InChI is InChI=1S/C36H37F2NO8/c37-26-12-6-22(7-13-26)30(41)17-16-29-35(46)39-36(29,25-10-14-27(38)15-11-25)24-8-4-21(5-9-24)23-2-1-3-28(18-23)47-20-32(43)34(45)33(44)31(42)19-40/h1-15,18,29-34,40-45H,16-17,19-20H2,(H,39,46)/t29-,30-,31-,32+,33+,34+,36-/m0/s1. The van der Waals surface area contributed by atoms with Gasteiger partial charge >= 0.3 is 0 Å². The van der Waals surface area contributed by atoms with Gasteiger partial charge in [0.15, 0.2) is 0 Å². The van der Waals surface area contributed by atoms with E-state index >= 15 is 0 Å². The Balaban J connectivity index is 1.34. The fourth-order valence-electron chi connectivity index (χ4n) is 5.97. The summed E-state index contributed by atoms with van der Waals surface area (Å²) < 4.78 is 32.9. The summed E-state index contributed by atoms with van der Waals surface area (Å²) in [5, 5.41) is 62.4. The topological polar surface area (TPSA) is 160 Å². The zero-order valence-electron chi connectivity index (χ0n) is 25.3. The van der Waals surface area contributed by atoms with Crippen molar-refractivity contribution in [3.05, 3.63) is 125 Å². The van der Waals surface area contributed by atoms with Gasteiger partial charge < -0.3 is 40.7 Å². The van der Waals surface area contributed by atoms with Gasteiger partial charge in [0.2, 0.25) is 5.91 Å². The molecule has 47 heavy (non-hydrogen) atoms. The van der Waals surface area contributed by atoms with Crippen LogP contribution in [0.2, 0.25) is 0 Å². The van der Waals surface area contributed by atoms with E-state index < -0.39 is 66.8 Å². The first-order chi connectivity index (χ1) is 22.5. The number of amides is 1. The fraction of sp³-hybridized carbons (Fsp3) is 0.306. The summed E-state index contributed by atoms with van der Waals surface area (Å²) in [6, 6.07) is 25.9. The molecule has 5 rings (SSSR count). The molecular weight excluding hydrogens is 612 g/mol. The van der Waals surface area contributed by atoms with E-state index in [0.29, 0.717) is 23.3 Å². The first-order valence-electron chi connectivity index (χ1n) is 15.2. The van der Waals surface area contributed by atoms with Crippen LogP contribution in [-0.2, 0) is 10.3 Å². The van der Waals surface area contributed by atoms with Gasteiger partial charge in [0, 0.05) is 0 Å². The quantitative estimate of drug-likeness (QED) is 0.103. The van der Waals surface area contributed by atoms with Crippen molar-refractivity contribution in [1.29, 1.82) is 0 Å². The van der Waals surface area contributed by atoms with E-state index in [0.717, 1.165) is 16.7 Å². The van der Waals surface area contributed by atoms with Crippen molar-refractivity contribution in [1.82, 2.24) is 5.32 Å². The van der Waals surface area contributed by atoms with Gasteiger partial charge in [-0.1, -0.05) is 60.7 Å². The molecule has 4 aromatic rings. The molecule has 0 unspecified atom stereocenters. The van der Waals surface area contributed by atoms with Crippen LogP contribution in [0.3, 0.4) is 0 Å². The van der Waals surface area contributed by atoms with Crippen molar-refractivity contribution >= 4 is 5.91 Å².